The monoisotopic (exact) mass is 518 g/mol. The minimum Gasteiger partial charge on any atom is -0.361 e. The van der Waals surface area contributed by atoms with Gasteiger partial charge in [0, 0.05) is 52.8 Å². The number of halogens is 1. The molecule has 3 aromatic rings. The number of aromatic nitrogens is 1. The summed E-state index contributed by atoms with van der Waals surface area (Å²) in [5.74, 6) is -0.128. The molecule has 0 spiro atoms. The Balaban J connectivity index is 1.52. The van der Waals surface area contributed by atoms with Gasteiger partial charge in [0.15, 0.2) is 0 Å². The van der Waals surface area contributed by atoms with E-state index in [1.165, 1.54) is 0 Å². The first kappa shape index (κ1) is 22.6. The molecule has 0 saturated carbocycles. The molecule has 2 aromatic carbocycles. The molecular weight excluding hydrogens is 492 g/mol. The normalized spacial score (nSPS) is 21.0. The standard InChI is InChI=1S/C27H27BrN4O2/c1-15-13-32(14-16(2)30-15)27(34)22-12-29-24(17(22)3)11-21-25-20(18-7-9-19(28)10-8-18)5-4-6-23(25)31-26(21)33/h4-12,15-16,29-30H,13-14H2,1-3H3,(H,31,33)/b21-11-/t15-,16+. The molecule has 1 saturated heterocycles. The summed E-state index contributed by atoms with van der Waals surface area (Å²) in [6.07, 6.45) is 3.62. The largest absolute Gasteiger partial charge is 0.361 e. The third-order valence-corrected chi connectivity index (χ3v) is 7.05. The first-order valence-electron chi connectivity index (χ1n) is 11.5. The van der Waals surface area contributed by atoms with Crippen LogP contribution in [0.1, 0.15) is 41.0 Å². The van der Waals surface area contributed by atoms with Crippen molar-refractivity contribution >= 4 is 45.1 Å². The van der Waals surface area contributed by atoms with E-state index in [0.29, 0.717) is 24.2 Å². The van der Waals surface area contributed by atoms with Crippen molar-refractivity contribution in [1.82, 2.24) is 15.2 Å². The fourth-order valence-electron chi connectivity index (χ4n) is 4.95. The first-order valence-corrected chi connectivity index (χ1v) is 12.3. The van der Waals surface area contributed by atoms with Crippen molar-refractivity contribution in [2.24, 2.45) is 0 Å². The van der Waals surface area contributed by atoms with E-state index in [1.807, 2.05) is 60.4 Å². The Bertz CT molecular complexity index is 1300. The number of piperazine rings is 1. The van der Waals surface area contributed by atoms with Crippen molar-refractivity contribution in [2.75, 3.05) is 18.4 Å². The van der Waals surface area contributed by atoms with Gasteiger partial charge in [-0.1, -0.05) is 40.2 Å². The first-order chi connectivity index (χ1) is 16.3. The molecule has 0 aliphatic carbocycles. The van der Waals surface area contributed by atoms with E-state index in [0.717, 1.165) is 38.1 Å². The minimum atomic E-state index is -0.147. The number of rotatable bonds is 3. The van der Waals surface area contributed by atoms with Gasteiger partial charge < -0.3 is 20.5 Å². The Labute approximate surface area is 207 Å². The number of carbonyl (C=O) groups excluding carboxylic acids is 2. The second-order valence-electron chi connectivity index (χ2n) is 9.17. The van der Waals surface area contributed by atoms with Crippen LogP contribution in [0, 0.1) is 6.92 Å². The Morgan fingerprint density at radius 1 is 1.09 bits per heavy atom. The molecule has 2 amide bonds. The van der Waals surface area contributed by atoms with Crippen LogP contribution in [0.2, 0.25) is 0 Å². The number of amides is 2. The van der Waals surface area contributed by atoms with Crippen molar-refractivity contribution in [3.05, 3.63) is 75.5 Å². The molecule has 34 heavy (non-hydrogen) atoms. The van der Waals surface area contributed by atoms with Gasteiger partial charge in [-0.3, -0.25) is 9.59 Å². The predicted molar refractivity (Wildman–Crippen MR) is 140 cm³/mol. The molecule has 2 aliphatic rings. The van der Waals surface area contributed by atoms with E-state index in [-0.39, 0.29) is 23.9 Å². The highest BCUT2D eigenvalue weighted by Gasteiger charge is 2.30. The summed E-state index contributed by atoms with van der Waals surface area (Å²) in [7, 11) is 0. The van der Waals surface area contributed by atoms with Gasteiger partial charge in [0.05, 0.1) is 11.1 Å². The van der Waals surface area contributed by atoms with Crippen LogP contribution in [0.3, 0.4) is 0 Å². The number of hydrogen-bond donors (Lipinski definition) is 3. The van der Waals surface area contributed by atoms with Gasteiger partial charge in [0.2, 0.25) is 0 Å². The number of aromatic amines is 1. The molecule has 0 bridgehead atoms. The maximum absolute atomic E-state index is 13.3. The Morgan fingerprint density at radius 3 is 2.50 bits per heavy atom. The summed E-state index contributed by atoms with van der Waals surface area (Å²) in [4.78, 5) is 31.4. The number of fused-ring (bicyclic) bond motifs is 1. The van der Waals surface area contributed by atoms with Gasteiger partial charge in [0.1, 0.15) is 0 Å². The highest BCUT2D eigenvalue weighted by atomic mass is 79.9. The van der Waals surface area contributed by atoms with Gasteiger partial charge in [-0.15, -0.1) is 0 Å². The summed E-state index contributed by atoms with van der Waals surface area (Å²) in [6.45, 7) is 7.47. The fourth-order valence-corrected chi connectivity index (χ4v) is 5.21. The lowest BCUT2D eigenvalue weighted by Crippen LogP contribution is -2.55. The summed E-state index contributed by atoms with van der Waals surface area (Å²) >= 11 is 3.49. The highest BCUT2D eigenvalue weighted by molar-refractivity contribution is 9.10. The lowest BCUT2D eigenvalue weighted by molar-refractivity contribution is -0.110. The lowest BCUT2D eigenvalue weighted by atomic mass is 9.94. The number of H-pyrrole nitrogens is 1. The van der Waals surface area contributed by atoms with E-state index in [9.17, 15) is 9.59 Å². The van der Waals surface area contributed by atoms with Gasteiger partial charge in [0.25, 0.3) is 11.8 Å². The van der Waals surface area contributed by atoms with E-state index >= 15 is 0 Å². The molecule has 2 aliphatic heterocycles. The fraction of sp³-hybridized carbons (Fsp3) is 0.259. The van der Waals surface area contributed by atoms with Gasteiger partial charge >= 0.3 is 0 Å². The Kier molecular flexibility index (Phi) is 5.91. The zero-order valence-electron chi connectivity index (χ0n) is 19.4. The van der Waals surface area contributed by atoms with Crippen LogP contribution in [0.25, 0.3) is 22.8 Å². The third kappa shape index (κ3) is 4.10. The van der Waals surface area contributed by atoms with E-state index < -0.39 is 0 Å². The van der Waals surface area contributed by atoms with Crippen LogP contribution in [-0.4, -0.2) is 46.9 Å². The number of anilines is 1. The lowest BCUT2D eigenvalue weighted by Gasteiger charge is -2.36. The highest BCUT2D eigenvalue weighted by Crippen LogP contribution is 2.40. The molecule has 0 unspecified atom stereocenters. The molecule has 2 atom stereocenters. The number of benzene rings is 2. The predicted octanol–water partition coefficient (Wildman–Crippen LogP) is 5.07. The summed E-state index contributed by atoms with van der Waals surface area (Å²) < 4.78 is 1.00. The third-order valence-electron chi connectivity index (χ3n) is 6.53. The molecule has 1 fully saturated rings. The average Bonchev–Trinajstić information content (AvgIpc) is 3.32. The SMILES string of the molecule is Cc1c(C(=O)N2C[C@@H](C)N[C@@H](C)C2)c[nH]c1/C=C1\C(=O)Nc2cccc(-c3ccc(Br)cc3)c21. The van der Waals surface area contributed by atoms with Crippen LogP contribution >= 0.6 is 15.9 Å². The number of nitrogens with one attached hydrogen (secondary N) is 3. The van der Waals surface area contributed by atoms with Crippen molar-refractivity contribution < 1.29 is 9.59 Å². The van der Waals surface area contributed by atoms with Crippen LogP contribution < -0.4 is 10.6 Å². The molecule has 174 valence electrons. The smallest absolute Gasteiger partial charge is 0.256 e. The van der Waals surface area contributed by atoms with E-state index in [1.54, 1.807) is 6.20 Å². The van der Waals surface area contributed by atoms with Crippen LogP contribution in [0.15, 0.2) is 53.1 Å². The van der Waals surface area contributed by atoms with Crippen molar-refractivity contribution in [3.8, 4) is 11.1 Å². The zero-order valence-corrected chi connectivity index (χ0v) is 21.0. The van der Waals surface area contributed by atoms with Crippen molar-refractivity contribution in [3.63, 3.8) is 0 Å². The average molecular weight is 519 g/mol. The van der Waals surface area contributed by atoms with Gasteiger partial charge in [-0.25, -0.2) is 0 Å². The van der Waals surface area contributed by atoms with Crippen molar-refractivity contribution in [1.29, 1.82) is 0 Å². The Morgan fingerprint density at radius 2 is 1.79 bits per heavy atom. The van der Waals surface area contributed by atoms with E-state index in [2.05, 4.69) is 45.4 Å². The second kappa shape index (κ2) is 8.89. The zero-order chi connectivity index (χ0) is 24.0. The van der Waals surface area contributed by atoms with Crippen LogP contribution in [0.4, 0.5) is 5.69 Å². The molecular formula is C27H27BrN4O2. The minimum absolute atomic E-state index is 0.0189. The maximum Gasteiger partial charge on any atom is 0.256 e. The topological polar surface area (TPSA) is 77.2 Å². The molecule has 0 radical (unpaired) electrons. The number of nitrogens with zero attached hydrogens (tertiary/aromatic N) is 1. The molecule has 3 heterocycles. The maximum atomic E-state index is 13.3. The second-order valence-corrected chi connectivity index (χ2v) is 10.1. The number of carbonyl (C=O) groups is 2. The quantitative estimate of drug-likeness (QED) is 0.423. The van der Waals surface area contributed by atoms with Crippen molar-refractivity contribution in [2.45, 2.75) is 32.9 Å². The molecule has 7 heteroatoms. The molecule has 3 N–H and O–H groups in total. The Hall–Kier alpha value is -3.16. The summed E-state index contributed by atoms with van der Waals surface area (Å²) in [5, 5.41) is 6.45. The summed E-state index contributed by atoms with van der Waals surface area (Å²) in [6, 6.07) is 14.5. The van der Waals surface area contributed by atoms with Gasteiger partial charge in [-0.05, 0) is 61.7 Å². The molecule has 6 nitrogen and oxygen atoms in total. The molecule has 5 rings (SSSR count). The number of hydrogen-bond acceptors (Lipinski definition) is 3. The van der Waals surface area contributed by atoms with Crippen LogP contribution in [0.5, 0.6) is 0 Å². The van der Waals surface area contributed by atoms with E-state index in [4.69, 9.17) is 0 Å². The van der Waals surface area contributed by atoms with Crippen LogP contribution in [-0.2, 0) is 4.79 Å². The van der Waals surface area contributed by atoms with Gasteiger partial charge in [-0.2, -0.15) is 0 Å². The summed E-state index contributed by atoms with van der Waals surface area (Å²) in [5.41, 5.74) is 6.53. The molecule has 1 aromatic heterocycles.